The molecule has 3 heteroatoms. The first-order valence-corrected chi connectivity index (χ1v) is 7.09. The van der Waals surface area contributed by atoms with Crippen molar-refractivity contribution in [3.8, 4) is 0 Å². The van der Waals surface area contributed by atoms with Crippen LogP contribution in [0.15, 0.2) is 42.7 Å². The first-order valence-electron chi connectivity index (χ1n) is 7.09. The average molecular weight is 272 g/mol. The van der Waals surface area contributed by atoms with Gasteiger partial charge in [-0.25, -0.2) is 4.39 Å². The summed E-state index contributed by atoms with van der Waals surface area (Å²) in [6.07, 6.45) is 5.46. The molecule has 0 amide bonds. The minimum absolute atomic E-state index is 0.172. The molecule has 0 aliphatic carbocycles. The minimum Gasteiger partial charge on any atom is -0.310 e. The number of pyridine rings is 1. The molecule has 1 N–H and O–H groups in total. The summed E-state index contributed by atoms with van der Waals surface area (Å²) < 4.78 is 13.4. The fraction of sp³-hybridized carbons (Fsp3) is 0.353. The molecule has 0 aliphatic heterocycles. The van der Waals surface area contributed by atoms with E-state index in [-0.39, 0.29) is 11.9 Å². The van der Waals surface area contributed by atoms with Crippen molar-refractivity contribution in [3.05, 3.63) is 65.2 Å². The third-order valence-electron chi connectivity index (χ3n) is 3.48. The molecular weight excluding hydrogens is 251 g/mol. The van der Waals surface area contributed by atoms with Gasteiger partial charge in [0, 0.05) is 18.4 Å². The second-order valence-electron chi connectivity index (χ2n) is 5.06. The Bertz CT molecular complexity index is 540. The zero-order valence-electron chi connectivity index (χ0n) is 12.1. The molecule has 106 valence electrons. The fourth-order valence-corrected chi connectivity index (χ4v) is 2.30. The van der Waals surface area contributed by atoms with E-state index >= 15 is 0 Å². The number of hydrogen-bond donors (Lipinski definition) is 1. The second kappa shape index (κ2) is 7.15. The van der Waals surface area contributed by atoms with Crippen LogP contribution in [0.4, 0.5) is 4.39 Å². The van der Waals surface area contributed by atoms with Crippen LogP contribution in [0.5, 0.6) is 0 Å². The Labute approximate surface area is 120 Å². The van der Waals surface area contributed by atoms with Gasteiger partial charge in [-0.05, 0) is 67.3 Å². The molecule has 2 aromatic rings. The molecule has 2 rings (SSSR count). The summed E-state index contributed by atoms with van der Waals surface area (Å²) >= 11 is 0. The quantitative estimate of drug-likeness (QED) is 0.865. The largest absolute Gasteiger partial charge is 0.310 e. The monoisotopic (exact) mass is 272 g/mol. The summed E-state index contributed by atoms with van der Waals surface area (Å²) in [5, 5.41) is 3.53. The third kappa shape index (κ3) is 3.87. The van der Waals surface area contributed by atoms with E-state index in [4.69, 9.17) is 0 Å². The van der Waals surface area contributed by atoms with E-state index in [0.29, 0.717) is 0 Å². The predicted molar refractivity (Wildman–Crippen MR) is 80.1 cm³/mol. The van der Waals surface area contributed by atoms with E-state index in [1.807, 2.05) is 25.1 Å². The maximum Gasteiger partial charge on any atom is 0.123 e. The zero-order valence-corrected chi connectivity index (χ0v) is 12.1. The van der Waals surface area contributed by atoms with Crippen molar-refractivity contribution in [2.45, 2.75) is 32.7 Å². The number of rotatable bonds is 6. The van der Waals surface area contributed by atoms with Gasteiger partial charge in [0.25, 0.3) is 0 Å². The Morgan fingerprint density at radius 3 is 2.65 bits per heavy atom. The normalized spacial score (nSPS) is 12.3. The SMILES string of the molecule is CCCNC(Cc1cc(F)ccc1C)c1ccncc1. The van der Waals surface area contributed by atoms with Crippen molar-refractivity contribution >= 4 is 0 Å². The fourth-order valence-electron chi connectivity index (χ4n) is 2.30. The summed E-state index contributed by atoms with van der Waals surface area (Å²) in [6, 6.07) is 9.22. The summed E-state index contributed by atoms with van der Waals surface area (Å²) in [4.78, 5) is 4.06. The van der Waals surface area contributed by atoms with Gasteiger partial charge in [-0.1, -0.05) is 13.0 Å². The van der Waals surface area contributed by atoms with Crippen molar-refractivity contribution in [2.24, 2.45) is 0 Å². The molecule has 0 spiro atoms. The lowest BCUT2D eigenvalue weighted by atomic mass is 9.96. The van der Waals surface area contributed by atoms with E-state index in [9.17, 15) is 4.39 Å². The summed E-state index contributed by atoms with van der Waals surface area (Å²) in [5.41, 5.74) is 3.37. The highest BCUT2D eigenvalue weighted by Gasteiger charge is 2.13. The molecule has 0 bridgehead atoms. The first-order chi connectivity index (χ1) is 9.70. The zero-order chi connectivity index (χ0) is 14.4. The number of benzene rings is 1. The highest BCUT2D eigenvalue weighted by Crippen LogP contribution is 2.21. The summed E-state index contributed by atoms with van der Waals surface area (Å²) in [6.45, 7) is 5.11. The molecular formula is C17H21FN2. The van der Waals surface area contributed by atoms with Gasteiger partial charge in [0.05, 0.1) is 0 Å². The van der Waals surface area contributed by atoms with Crippen LogP contribution in [0.2, 0.25) is 0 Å². The molecule has 0 fully saturated rings. The Morgan fingerprint density at radius 1 is 1.20 bits per heavy atom. The summed E-state index contributed by atoms with van der Waals surface area (Å²) in [5.74, 6) is -0.172. The number of hydrogen-bond acceptors (Lipinski definition) is 2. The molecule has 1 aromatic carbocycles. The smallest absolute Gasteiger partial charge is 0.123 e. The minimum atomic E-state index is -0.172. The van der Waals surface area contributed by atoms with E-state index in [0.717, 1.165) is 30.5 Å². The van der Waals surface area contributed by atoms with Gasteiger partial charge in [-0.3, -0.25) is 4.98 Å². The predicted octanol–water partition coefficient (Wildman–Crippen LogP) is 3.81. The van der Waals surface area contributed by atoms with Crippen molar-refractivity contribution in [2.75, 3.05) is 6.54 Å². The molecule has 20 heavy (non-hydrogen) atoms. The van der Waals surface area contributed by atoms with Gasteiger partial charge in [0.2, 0.25) is 0 Å². The molecule has 1 atom stereocenters. The first kappa shape index (κ1) is 14.7. The number of aromatic nitrogens is 1. The van der Waals surface area contributed by atoms with Crippen molar-refractivity contribution in [1.29, 1.82) is 0 Å². The Balaban J connectivity index is 2.21. The van der Waals surface area contributed by atoms with Crippen LogP contribution in [0.25, 0.3) is 0 Å². The lowest BCUT2D eigenvalue weighted by Crippen LogP contribution is -2.24. The number of nitrogens with one attached hydrogen (secondary N) is 1. The Kier molecular flexibility index (Phi) is 5.24. The van der Waals surface area contributed by atoms with Crippen LogP contribution in [-0.4, -0.2) is 11.5 Å². The maximum absolute atomic E-state index is 13.4. The molecule has 0 aliphatic rings. The lowest BCUT2D eigenvalue weighted by molar-refractivity contribution is 0.525. The van der Waals surface area contributed by atoms with Crippen LogP contribution in [0, 0.1) is 12.7 Å². The van der Waals surface area contributed by atoms with E-state index < -0.39 is 0 Å². The second-order valence-corrected chi connectivity index (χ2v) is 5.06. The maximum atomic E-state index is 13.4. The van der Waals surface area contributed by atoms with Gasteiger partial charge in [0.1, 0.15) is 5.82 Å². The lowest BCUT2D eigenvalue weighted by Gasteiger charge is -2.20. The molecule has 1 unspecified atom stereocenters. The number of aryl methyl sites for hydroxylation is 1. The van der Waals surface area contributed by atoms with Gasteiger partial charge in [0.15, 0.2) is 0 Å². The molecule has 0 radical (unpaired) electrons. The molecule has 2 nitrogen and oxygen atoms in total. The van der Waals surface area contributed by atoms with Gasteiger partial charge in [-0.2, -0.15) is 0 Å². The molecule has 0 saturated heterocycles. The topological polar surface area (TPSA) is 24.9 Å². The Hall–Kier alpha value is -1.74. The van der Waals surface area contributed by atoms with Gasteiger partial charge >= 0.3 is 0 Å². The third-order valence-corrected chi connectivity index (χ3v) is 3.48. The average Bonchev–Trinajstić information content (AvgIpc) is 2.48. The van der Waals surface area contributed by atoms with Crippen molar-refractivity contribution < 1.29 is 4.39 Å². The van der Waals surface area contributed by atoms with Crippen LogP contribution in [0.1, 0.15) is 36.1 Å². The summed E-state index contributed by atoms with van der Waals surface area (Å²) in [7, 11) is 0. The van der Waals surface area contributed by atoms with Crippen LogP contribution < -0.4 is 5.32 Å². The van der Waals surface area contributed by atoms with E-state index in [1.54, 1.807) is 18.5 Å². The van der Waals surface area contributed by atoms with Crippen LogP contribution in [-0.2, 0) is 6.42 Å². The van der Waals surface area contributed by atoms with Crippen molar-refractivity contribution in [3.63, 3.8) is 0 Å². The highest BCUT2D eigenvalue weighted by atomic mass is 19.1. The molecule has 1 heterocycles. The van der Waals surface area contributed by atoms with Crippen LogP contribution >= 0.6 is 0 Å². The van der Waals surface area contributed by atoms with Crippen LogP contribution in [0.3, 0.4) is 0 Å². The highest BCUT2D eigenvalue weighted by molar-refractivity contribution is 5.29. The standard InChI is InChI=1S/C17H21FN2/c1-3-8-20-17(14-6-9-19-10-7-14)12-15-11-16(18)5-4-13(15)2/h4-7,9-11,17,20H,3,8,12H2,1-2H3. The molecule has 1 aromatic heterocycles. The van der Waals surface area contributed by atoms with Gasteiger partial charge in [-0.15, -0.1) is 0 Å². The van der Waals surface area contributed by atoms with Crippen molar-refractivity contribution in [1.82, 2.24) is 10.3 Å². The number of nitrogens with zero attached hydrogens (tertiary/aromatic N) is 1. The number of halogens is 1. The Morgan fingerprint density at radius 2 is 1.95 bits per heavy atom. The van der Waals surface area contributed by atoms with E-state index in [1.165, 1.54) is 11.6 Å². The van der Waals surface area contributed by atoms with E-state index in [2.05, 4.69) is 17.2 Å². The molecule has 0 saturated carbocycles. The van der Waals surface area contributed by atoms with Gasteiger partial charge < -0.3 is 5.32 Å².